The Morgan fingerprint density at radius 3 is 2.74 bits per heavy atom. The number of nitrogen functional groups attached to an aromatic ring is 1. The Hall–Kier alpha value is -1.75. The van der Waals surface area contributed by atoms with Crippen LogP contribution in [0.3, 0.4) is 0 Å². The van der Waals surface area contributed by atoms with Crippen molar-refractivity contribution in [2.24, 2.45) is 0 Å². The highest BCUT2D eigenvalue weighted by Gasteiger charge is 2.42. The van der Waals surface area contributed by atoms with Crippen LogP contribution >= 0.6 is 0 Å². The molecule has 0 aromatic heterocycles. The van der Waals surface area contributed by atoms with Crippen molar-refractivity contribution in [2.45, 2.75) is 25.9 Å². The van der Waals surface area contributed by atoms with Crippen LogP contribution in [0.5, 0.6) is 5.75 Å². The number of hydrogen-bond donors (Lipinski definition) is 2. The van der Waals surface area contributed by atoms with Crippen LogP contribution in [-0.4, -0.2) is 41.2 Å². The van der Waals surface area contributed by atoms with Crippen molar-refractivity contribution in [3.63, 3.8) is 0 Å². The lowest BCUT2D eigenvalue weighted by Crippen LogP contribution is -2.63. The molecule has 0 unspecified atom stereocenters. The van der Waals surface area contributed by atoms with Gasteiger partial charge in [-0.3, -0.25) is 4.79 Å². The SMILES string of the molecule is CCOc1c(N)cccc1C(=O)N1CC(O)(CC)C1. The first-order valence-electron chi connectivity index (χ1n) is 6.53. The maximum atomic E-state index is 12.4. The molecule has 1 fully saturated rings. The molecule has 0 spiro atoms. The lowest BCUT2D eigenvalue weighted by Gasteiger charge is -2.46. The van der Waals surface area contributed by atoms with E-state index in [1.165, 1.54) is 0 Å². The number of benzene rings is 1. The Morgan fingerprint density at radius 1 is 1.47 bits per heavy atom. The standard InChI is InChI=1S/C14H20N2O3/c1-3-14(18)8-16(9-14)13(17)10-6-5-7-11(15)12(10)19-4-2/h5-7,18H,3-4,8-9,15H2,1-2H3. The molecule has 0 atom stereocenters. The molecule has 1 saturated heterocycles. The van der Waals surface area contributed by atoms with E-state index in [1.807, 2.05) is 13.8 Å². The molecule has 0 aliphatic carbocycles. The average molecular weight is 264 g/mol. The van der Waals surface area contributed by atoms with Gasteiger partial charge in [0.2, 0.25) is 0 Å². The van der Waals surface area contributed by atoms with Crippen LogP contribution in [-0.2, 0) is 0 Å². The molecule has 0 saturated carbocycles. The largest absolute Gasteiger partial charge is 0.491 e. The third kappa shape index (κ3) is 2.51. The molecular formula is C14H20N2O3. The molecule has 0 radical (unpaired) electrons. The smallest absolute Gasteiger partial charge is 0.257 e. The summed E-state index contributed by atoms with van der Waals surface area (Å²) in [6, 6.07) is 5.14. The highest BCUT2D eigenvalue weighted by molar-refractivity contribution is 5.99. The highest BCUT2D eigenvalue weighted by atomic mass is 16.5. The molecule has 2 rings (SSSR count). The summed E-state index contributed by atoms with van der Waals surface area (Å²) in [7, 11) is 0. The summed E-state index contributed by atoms with van der Waals surface area (Å²) in [6.07, 6.45) is 0.645. The summed E-state index contributed by atoms with van der Waals surface area (Å²) in [5.74, 6) is 0.288. The number of amides is 1. The minimum absolute atomic E-state index is 0.145. The van der Waals surface area contributed by atoms with Crippen molar-refractivity contribution >= 4 is 11.6 Å². The Bertz CT molecular complexity index is 482. The number of ether oxygens (including phenoxy) is 1. The molecular weight excluding hydrogens is 244 g/mol. The quantitative estimate of drug-likeness (QED) is 0.803. The fourth-order valence-corrected chi connectivity index (χ4v) is 2.23. The normalized spacial score (nSPS) is 16.9. The Labute approximate surface area is 113 Å². The van der Waals surface area contributed by atoms with E-state index in [0.717, 1.165) is 0 Å². The number of likely N-dealkylation sites (tertiary alicyclic amines) is 1. The predicted octanol–water partition coefficient (Wildman–Crippen LogP) is 1.26. The van der Waals surface area contributed by atoms with E-state index < -0.39 is 5.60 Å². The second-order valence-corrected chi connectivity index (χ2v) is 4.90. The molecule has 5 heteroatoms. The highest BCUT2D eigenvalue weighted by Crippen LogP contribution is 2.31. The van der Waals surface area contributed by atoms with Gasteiger partial charge in [0.1, 0.15) is 0 Å². The molecule has 19 heavy (non-hydrogen) atoms. The van der Waals surface area contributed by atoms with E-state index in [1.54, 1.807) is 23.1 Å². The minimum Gasteiger partial charge on any atom is -0.491 e. The maximum Gasteiger partial charge on any atom is 0.257 e. The number of aliphatic hydroxyl groups is 1. The van der Waals surface area contributed by atoms with E-state index in [-0.39, 0.29) is 5.91 Å². The van der Waals surface area contributed by atoms with Gasteiger partial charge in [-0.2, -0.15) is 0 Å². The molecule has 5 nitrogen and oxygen atoms in total. The van der Waals surface area contributed by atoms with Gasteiger partial charge in [-0.1, -0.05) is 13.0 Å². The van der Waals surface area contributed by atoms with Crippen LogP contribution in [0.2, 0.25) is 0 Å². The number of nitrogens with two attached hydrogens (primary N) is 1. The maximum absolute atomic E-state index is 12.4. The third-order valence-electron chi connectivity index (χ3n) is 3.48. The van der Waals surface area contributed by atoms with Gasteiger partial charge in [-0.15, -0.1) is 0 Å². The first-order valence-corrected chi connectivity index (χ1v) is 6.53. The van der Waals surface area contributed by atoms with Crippen LogP contribution in [0.1, 0.15) is 30.6 Å². The zero-order valence-corrected chi connectivity index (χ0v) is 11.3. The Morgan fingerprint density at radius 2 is 2.16 bits per heavy atom. The second kappa shape index (κ2) is 5.09. The molecule has 3 N–H and O–H groups in total. The number of anilines is 1. The third-order valence-corrected chi connectivity index (χ3v) is 3.48. The number of nitrogens with zero attached hydrogens (tertiary/aromatic N) is 1. The van der Waals surface area contributed by atoms with E-state index in [4.69, 9.17) is 10.5 Å². The molecule has 1 amide bonds. The number of hydrogen-bond acceptors (Lipinski definition) is 4. The molecule has 1 aliphatic heterocycles. The predicted molar refractivity (Wildman–Crippen MR) is 73.2 cm³/mol. The summed E-state index contributed by atoms with van der Waals surface area (Å²) in [6.45, 7) is 4.94. The van der Waals surface area contributed by atoms with Gasteiger partial charge in [-0.25, -0.2) is 0 Å². The molecule has 104 valence electrons. The van der Waals surface area contributed by atoms with Gasteiger partial charge in [0.05, 0.1) is 36.5 Å². The molecule has 1 aliphatic rings. The van der Waals surface area contributed by atoms with Crippen LogP contribution in [0.4, 0.5) is 5.69 Å². The van der Waals surface area contributed by atoms with E-state index in [0.29, 0.717) is 43.1 Å². The molecule has 1 aromatic carbocycles. The summed E-state index contributed by atoms with van der Waals surface area (Å²) in [4.78, 5) is 14.0. The van der Waals surface area contributed by atoms with Crippen LogP contribution in [0, 0.1) is 0 Å². The number of carbonyl (C=O) groups excluding carboxylic acids is 1. The summed E-state index contributed by atoms with van der Waals surface area (Å²) >= 11 is 0. The molecule has 0 bridgehead atoms. The van der Waals surface area contributed by atoms with Crippen molar-refractivity contribution < 1.29 is 14.6 Å². The average Bonchev–Trinajstić information content (AvgIpc) is 2.37. The molecule has 1 aromatic rings. The van der Waals surface area contributed by atoms with Crippen molar-refractivity contribution in [3.05, 3.63) is 23.8 Å². The van der Waals surface area contributed by atoms with E-state index >= 15 is 0 Å². The minimum atomic E-state index is -0.734. The van der Waals surface area contributed by atoms with Gasteiger partial charge in [0.25, 0.3) is 5.91 Å². The van der Waals surface area contributed by atoms with E-state index in [2.05, 4.69) is 0 Å². The first kappa shape index (κ1) is 13.7. The van der Waals surface area contributed by atoms with Gasteiger partial charge < -0.3 is 20.5 Å². The topological polar surface area (TPSA) is 75.8 Å². The Balaban J connectivity index is 2.19. The number of β-amino-alcohol motifs (C(OH)–C–C–N with tert-alkyl or cyclic N) is 1. The number of rotatable bonds is 4. The van der Waals surface area contributed by atoms with Gasteiger partial charge in [0, 0.05) is 0 Å². The number of carbonyl (C=O) groups is 1. The summed E-state index contributed by atoms with van der Waals surface area (Å²) in [5, 5.41) is 9.96. The van der Waals surface area contributed by atoms with Gasteiger partial charge in [-0.05, 0) is 25.5 Å². The van der Waals surface area contributed by atoms with E-state index in [9.17, 15) is 9.90 Å². The lowest BCUT2D eigenvalue weighted by molar-refractivity contribution is -0.0827. The van der Waals surface area contributed by atoms with Gasteiger partial charge in [0.15, 0.2) is 5.75 Å². The summed E-state index contributed by atoms with van der Waals surface area (Å²) in [5.41, 5.74) is 6.02. The van der Waals surface area contributed by atoms with Crippen molar-refractivity contribution in [2.75, 3.05) is 25.4 Å². The van der Waals surface area contributed by atoms with Crippen molar-refractivity contribution in [1.29, 1.82) is 0 Å². The van der Waals surface area contributed by atoms with Crippen LogP contribution in [0.25, 0.3) is 0 Å². The van der Waals surface area contributed by atoms with Crippen molar-refractivity contribution in [1.82, 2.24) is 4.90 Å². The fraction of sp³-hybridized carbons (Fsp3) is 0.500. The first-order chi connectivity index (χ1) is 9.00. The monoisotopic (exact) mass is 264 g/mol. The van der Waals surface area contributed by atoms with Gasteiger partial charge >= 0.3 is 0 Å². The molecule has 1 heterocycles. The van der Waals surface area contributed by atoms with Crippen molar-refractivity contribution in [3.8, 4) is 5.75 Å². The zero-order chi connectivity index (χ0) is 14.0. The fourth-order valence-electron chi connectivity index (χ4n) is 2.23. The zero-order valence-electron chi connectivity index (χ0n) is 11.3. The Kier molecular flexibility index (Phi) is 3.66. The van der Waals surface area contributed by atoms with Crippen LogP contribution < -0.4 is 10.5 Å². The lowest BCUT2D eigenvalue weighted by atomic mass is 9.90. The summed E-state index contributed by atoms with van der Waals surface area (Å²) < 4.78 is 5.45. The number of para-hydroxylation sites is 1. The van der Waals surface area contributed by atoms with Crippen LogP contribution in [0.15, 0.2) is 18.2 Å². The second-order valence-electron chi connectivity index (χ2n) is 4.90.